The van der Waals surface area contributed by atoms with Gasteiger partial charge in [0.2, 0.25) is 11.8 Å². The summed E-state index contributed by atoms with van der Waals surface area (Å²) in [6, 6.07) is 18.1. The van der Waals surface area contributed by atoms with Crippen molar-refractivity contribution in [1.29, 1.82) is 0 Å². The number of pyridine rings is 1. The van der Waals surface area contributed by atoms with Crippen LogP contribution in [0.4, 0.5) is 15.8 Å². The fourth-order valence-corrected chi connectivity index (χ4v) is 7.28. The third-order valence-corrected chi connectivity index (χ3v) is 11.0. The van der Waals surface area contributed by atoms with Crippen LogP contribution in [0.2, 0.25) is 0 Å². The average Bonchev–Trinajstić information content (AvgIpc) is 4.16. The molecule has 16 nitrogen and oxygen atoms in total. The first-order chi connectivity index (χ1) is 30.9. The van der Waals surface area contributed by atoms with Gasteiger partial charge in [0.25, 0.3) is 11.8 Å². The van der Waals surface area contributed by atoms with Crippen LogP contribution in [0, 0.1) is 19.8 Å². The summed E-state index contributed by atoms with van der Waals surface area (Å²) in [4.78, 5) is 37.6. The van der Waals surface area contributed by atoms with Crippen molar-refractivity contribution in [2.24, 2.45) is 0 Å². The SMILES string of the molecule is Cc1cc(-c2cnc3c(NCC(C)(C)O)cc(Br)nn23)ccc1C(=O)NC1CC1.Cc1cc(-c2cnc3c(NCC(C)(C)O)cc(Oc4ccc(F)nc4)nn23)ccc1C(=O)NC1CC1. The Hall–Kier alpha value is -6.50. The molecule has 0 saturated heterocycles. The number of benzene rings is 2. The van der Waals surface area contributed by atoms with Crippen molar-refractivity contribution in [2.45, 2.75) is 90.5 Å². The highest BCUT2D eigenvalue weighted by Crippen LogP contribution is 2.32. The van der Waals surface area contributed by atoms with Gasteiger partial charge < -0.3 is 36.2 Å². The molecule has 0 radical (unpaired) electrons. The van der Waals surface area contributed by atoms with Gasteiger partial charge >= 0.3 is 0 Å². The standard InChI is InChI=1S/C26H27FN6O3.C21H24BrN5O2/c1-15-10-16(4-8-19(15)25(34)31-17-5-6-17)21-13-29-24-20(30-14-26(2,3)35)11-23(32-33(21)24)36-18-7-9-22(27)28-12-18;1-12-8-13(4-7-15(12)20(28)25-14-5-6-14)17-10-23-19-16(24-11-21(2,3)29)9-18(22)26-27(17)19/h4,7-13,17,30,35H,5-6,14H2,1-3H3,(H,31,34);4,7-10,14,24,29H,5-6,11H2,1-3H3,(H,25,28). The number of hydrogen-bond acceptors (Lipinski definition) is 12. The van der Waals surface area contributed by atoms with Gasteiger partial charge in [-0.25, -0.2) is 24.0 Å². The number of halogens is 2. The van der Waals surface area contributed by atoms with E-state index in [0.717, 1.165) is 59.3 Å². The number of aryl methyl sites for hydroxylation is 2. The smallest absolute Gasteiger partial charge is 0.251 e. The minimum Gasteiger partial charge on any atom is -0.436 e. The summed E-state index contributed by atoms with van der Waals surface area (Å²) in [5, 5.41) is 41.9. The second-order valence-corrected chi connectivity index (χ2v) is 18.7. The number of carbonyl (C=O) groups excluding carboxylic acids is 2. The Bertz CT molecular complexity index is 2900. The number of nitrogens with one attached hydrogen (secondary N) is 4. The number of rotatable bonds is 14. The van der Waals surface area contributed by atoms with Crippen LogP contribution in [-0.4, -0.2) is 92.6 Å². The highest BCUT2D eigenvalue weighted by molar-refractivity contribution is 9.10. The molecule has 65 heavy (non-hydrogen) atoms. The fourth-order valence-electron chi connectivity index (χ4n) is 6.89. The maximum absolute atomic E-state index is 13.2. The maximum atomic E-state index is 13.2. The monoisotopic (exact) mass is 947 g/mol. The summed E-state index contributed by atoms with van der Waals surface area (Å²) in [5.41, 5.74) is 7.09. The molecule has 7 aromatic rings. The Morgan fingerprint density at radius 2 is 1.20 bits per heavy atom. The van der Waals surface area contributed by atoms with Crippen LogP contribution in [0.5, 0.6) is 11.6 Å². The van der Waals surface area contributed by atoms with Gasteiger partial charge in [-0.1, -0.05) is 12.1 Å². The molecular weight excluding hydrogens is 897 g/mol. The van der Waals surface area contributed by atoms with Crippen molar-refractivity contribution in [2.75, 3.05) is 23.7 Å². The molecule has 0 atom stereocenters. The van der Waals surface area contributed by atoms with E-state index in [4.69, 9.17) is 4.74 Å². The summed E-state index contributed by atoms with van der Waals surface area (Å²) in [6.45, 7) is 11.4. The first kappa shape index (κ1) is 45.1. The summed E-state index contributed by atoms with van der Waals surface area (Å²) in [6.07, 6.45) is 8.92. The number of imidazole rings is 2. The molecule has 338 valence electrons. The lowest BCUT2D eigenvalue weighted by Gasteiger charge is -2.19. The summed E-state index contributed by atoms with van der Waals surface area (Å²) < 4.78 is 23.1. The van der Waals surface area contributed by atoms with Gasteiger partial charge in [-0.15, -0.1) is 5.10 Å². The van der Waals surface area contributed by atoms with Crippen LogP contribution in [-0.2, 0) is 0 Å². The molecule has 9 rings (SSSR count). The highest BCUT2D eigenvalue weighted by atomic mass is 79.9. The number of fused-ring (bicyclic) bond motifs is 2. The molecule has 0 bridgehead atoms. The van der Waals surface area contributed by atoms with E-state index >= 15 is 0 Å². The fraction of sp³-hybridized carbons (Fsp3) is 0.340. The number of aliphatic hydroxyl groups is 2. The quantitative estimate of drug-likeness (QED) is 0.0582. The molecule has 5 heterocycles. The van der Waals surface area contributed by atoms with Crippen LogP contribution in [0.3, 0.4) is 0 Å². The molecule has 2 fully saturated rings. The van der Waals surface area contributed by atoms with Crippen molar-refractivity contribution in [3.05, 3.63) is 112 Å². The molecule has 18 heteroatoms. The normalized spacial score (nSPS) is 13.9. The van der Waals surface area contributed by atoms with Crippen molar-refractivity contribution in [1.82, 2.24) is 44.8 Å². The van der Waals surface area contributed by atoms with Gasteiger partial charge in [-0.2, -0.15) is 9.49 Å². The summed E-state index contributed by atoms with van der Waals surface area (Å²) in [5.74, 6) is -0.154. The van der Waals surface area contributed by atoms with Crippen molar-refractivity contribution < 1.29 is 28.9 Å². The first-order valence-corrected chi connectivity index (χ1v) is 22.2. The second kappa shape index (κ2) is 18.2. The lowest BCUT2D eigenvalue weighted by Crippen LogP contribution is -2.29. The maximum Gasteiger partial charge on any atom is 0.251 e. The number of amides is 2. The van der Waals surface area contributed by atoms with Gasteiger partial charge in [0.1, 0.15) is 10.4 Å². The van der Waals surface area contributed by atoms with E-state index in [-0.39, 0.29) is 30.3 Å². The van der Waals surface area contributed by atoms with Gasteiger partial charge in [0.15, 0.2) is 11.3 Å². The Labute approximate surface area is 383 Å². The van der Waals surface area contributed by atoms with Crippen LogP contribution in [0.15, 0.2) is 83.9 Å². The molecule has 2 amide bonds. The Morgan fingerprint density at radius 1 is 0.708 bits per heavy atom. The molecule has 0 unspecified atom stereocenters. The molecule has 2 aliphatic carbocycles. The van der Waals surface area contributed by atoms with Crippen LogP contribution in [0.1, 0.15) is 85.2 Å². The van der Waals surface area contributed by atoms with Gasteiger partial charge in [-0.3, -0.25) is 9.59 Å². The predicted octanol–water partition coefficient (Wildman–Crippen LogP) is 7.65. The Kier molecular flexibility index (Phi) is 12.6. The zero-order valence-corrected chi connectivity index (χ0v) is 38.5. The van der Waals surface area contributed by atoms with E-state index in [1.165, 1.54) is 18.3 Å². The van der Waals surface area contributed by atoms with Gasteiger partial charge in [0.05, 0.1) is 52.6 Å². The van der Waals surface area contributed by atoms with Crippen LogP contribution in [0.25, 0.3) is 33.8 Å². The van der Waals surface area contributed by atoms with Crippen molar-refractivity contribution in [3.8, 4) is 34.1 Å². The first-order valence-electron chi connectivity index (χ1n) is 21.4. The van der Waals surface area contributed by atoms with Gasteiger partial charge in [0, 0.05) is 53.5 Å². The zero-order valence-electron chi connectivity index (χ0n) is 36.9. The molecular formula is C47H51BrFN11O5. The Balaban J connectivity index is 0.000000181. The molecule has 6 N–H and O–H groups in total. The van der Waals surface area contributed by atoms with E-state index < -0.39 is 17.1 Å². The van der Waals surface area contributed by atoms with Gasteiger partial charge in [-0.05, 0) is 137 Å². The predicted molar refractivity (Wildman–Crippen MR) is 249 cm³/mol. The third kappa shape index (κ3) is 11.2. The Morgan fingerprint density at radius 3 is 1.65 bits per heavy atom. The largest absolute Gasteiger partial charge is 0.436 e. The van der Waals surface area contributed by atoms with E-state index in [9.17, 15) is 24.2 Å². The number of carbonyl (C=O) groups is 2. The number of anilines is 2. The van der Waals surface area contributed by atoms with Crippen molar-refractivity contribution >= 4 is 50.4 Å². The lowest BCUT2D eigenvalue weighted by molar-refractivity contribution is 0.0939. The number of hydrogen-bond donors (Lipinski definition) is 6. The number of aromatic nitrogens is 7. The summed E-state index contributed by atoms with van der Waals surface area (Å²) >= 11 is 3.45. The minimum absolute atomic E-state index is 0.0198. The van der Waals surface area contributed by atoms with E-state index in [1.54, 1.807) is 61.3 Å². The zero-order chi connectivity index (χ0) is 46.2. The molecule has 2 saturated carbocycles. The van der Waals surface area contributed by atoms with Crippen LogP contribution < -0.4 is 26.0 Å². The topological polar surface area (TPSA) is 205 Å². The molecule has 2 aliphatic rings. The molecule has 2 aromatic carbocycles. The second-order valence-electron chi connectivity index (χ2n) is 17.8. The lowest BCUT2D eigenvalue weighted by atomic mass is 10.0. The summed E-state index contributed by atoms with van der Waals surface area (Å²) in [7, 11) is 0. The average molecular weight is 949 g/mol. The van der Waals surface area contributed by atoms with E-state index in [1.807, 2.05) is 50.2 Å². The molecule has 5 aromatic heterocycles. The van der Waals surface area contributed by atoms with Crippen LogP contribution >= 0.6 is 15.9 Å². The molecule has 0 aliphatic heterocycles. The number of nitrogens with zero attached hydrogens (tertiary/aromatic N) is 7. The minimum atomic E-state index is -0.967. The van der Waals surface area contributed by atoms with Crippen molar-refractivity contribution in [3.63, 3.8) is 0 Å². The molecule has 0 spiro atoms. The third-order valence-electron chi connectivity index (χ3n) is 10.6. The number of ether oxygens (including phenoxy) is 1. The highest BCUT2D eigenvalue weighted by Gasteiger charge is 2.26. The van der Waals surface area contributed by atoms with E-state index in [0.29, 0.717) is 56.7 Å². The van der Waals surface area contributed by atoms with E-state index in [2.05, 4.69) is 62.3 Å².